The summed E-state index contributed by atoms with van der Waals surface area (Å²) >= 11 is 1.58. The molecule has 2 aromatic carbocycles. The van der Waals surface area contributed by atoms with Gasteiger partial charge in [-0.2, -0.15) is 0 Å². The molecule has 0 saturated carbocycles. The van der Waals surface area contributed by atoms with E-state index < -0.39 is 0 Å². The zero-order valence-electron chi connectivity index (χ0n) is 15.9. The Morgan fingerprint density at radius 2 is 1.96 bits per heavy atom. The van der Waals surface area contributed by atoms with E-state index in [-0.39, 0.29) is 5.91 Å². The molecule has 1 aliphatic heterocycles. The zero-order valence-corrected chi connectivity index (χ0v) is 16.7. The zero-order chi connectivity index (χ0) is 19.3. The van der Waals surface area contributed by atoms with Crippen LogP contribution >= 0.6 is 11.3 Å². The molecule has 0 radical (unpaired) electrons. The highest BCUT2D eigenvalue weighted by atomic mass is 32.1. The minimum Gasteiger partial charge on any atom is -0.367 e. The molecule has 2 heterocycles. The van der Waals surface area contributed by atoms with Gasteiger partial charge in [0, 0.05) is 36.8 Å². The van der Waals surface area contributed by atoms with E-state index in [4.69, 9.17) is 0 Å². The third kappa shape index (κ3) is 4.49. The Morgan fingerprint density at radius 1 is 1.18 bits per heavy atom. The summed E-state index contributed by atoms with van der Waals surface area (Å²) in [5.74, 6) is -0.108. The molecule has 1 aromatic heterocycles. The number of rotatable bonds is 6. The van der Waals surface area contributed by atoms with Crippen molar-refractivity contribution in [1.29, 1.82) is 0 Å². The van der Waals surface area contributed by atoms with Crippen LogP contribution in [0.2, 0.25) is 0 Å². The minimum atomic E-state index is -0.108. The highest BCUT2D eigenvalue weighted by Crippen LogP contribution is 2.28. The maximum Gasteiger partial charge on any atom is 0.244 e. The van der Waals surface area contributed by atoms with E-state index in [0.29, 0.717) is 6.54 Å². The second-order valence-electron chi connectivity index (χ2n) is 6.96. The largest absolute Gasteiger partial charge is 0.367 e. The molecule has 5 heteroatoms. The number of thiazole rings is 1. The third-order valence-corrected chi connectivity index (χ3v) is 5.68. The number of aryl methyl sites for hydroxylation is 1. The number of para-hydroxylation sites is 1. The number of nitrogens with one attached hydrogen (secondary N) is 1. The lowest BCUT2D eigenvalue weighted by Crippen LogP contribution is -2.21. The summed E-state index contributed by atoms with van der Waals surface area (Å²) in [5.41, 5.74) is 5.98. The van der Waals surface area contributed by atoms with Crippen molar-refractivity contribution in [3.05, 3.63) is 87.4 Å². The van der Waals surface area contributed by atoms with Crippen LogP contribution < -0.4 is 10.2 Å². The topological polar surface area (TPSA) is 45.2 Å². The highest BCUT2D eigenvalue weighted by molar-refractivity contribution is 7.09. The molecule has 0 saturated heterocycles. The quantitative estimate of drug-likeness (QED) is 0.638. The molecule has 0 unspecified atom stereocenters. The molecule has 0 bridgehead atoms. The van der Waals surface area contributed by atoms with Crippen molar-refractivity contribution in [2.75, 3.05) is 11.4 Å². The van der Waals surface area contributed by atoms with Gasteiger partial charge in [0.1, 0.15) is 0 Å². The Morgan fingerprint density at radius 3 is 2.75 bits per heavy atom. The van der Waals surface area contributed by atoms with Crippen LogP contribution in [0.1, 0.15) is 27.4 Å². The summed E-state index contributed by atoms with van der Waals surface area (Å²) in [6.45, 7) is 4.46. The van der Waals surface area contributed by atoms with E-state index in [0.717, 1.165) is 35.8 Å². The van der Waals surface area contributed by atoms with Crippen LogP contribution in [0.15, 0.2) is 60.0 Å². The Balaban J connectivity index is 1.29. The van der Waals surface area contributed by atoms with Crippen molar-refractivity contribution >= 4 is 29.0 Å². The summed E-state index contributed by atoms with van der Waals surface area (Å²) in [4.78, 5) is 18.7. The fraction of sp³-hybridized carbons (Fsp3) is 0.217. The van der Waals surface area contributed by atoms with Crippen LogP contribution in [0.4, 0.5) is 5.69 Å². The van der Waals surface area contributed by atoms with Crippen molar-refractivity contribution in [3.8, 4) is 0 Å². The molecule has 28 heavy (non-hydrogen) atoms. The van der Waals surface area contributed by atoms with Crippen LogP contribution in [0.3, 0.4) is 0 Å². The van der Waals surface area contributed by atoms with Gasteiger partial charge in [0.2, 0.25) is 5.91 Å². The van der Waals surface area contributed by atoms with E-state index >= 15 is 0 Å². The number of amides is 1. The lowest BCUT2D eigenvalue weighted by Gasteiger charge is -2.19. The molecule has 0 spiro atoms. The second kappa shape index (κ2) is 8.40. The first-order valence-electron chi connectivity index (χ1n) is 9.46. The van der Waals surface area contributed by atoms with Crippen molar-refractivity contribution in [2.45, 2.75) is 26.4 Å². The number of carbonyl (C=O) groups is 1. The Labute approximate surface area is 169 Å². The third-order valence-electron chi connectivity index (χ3n) is 4.89. The van der Waals surface area contributed by atoms with E-state index in [1.54, 1.807) is 17.4 Å². The van der Waals surface area contributed by atoms with Gasteiger partial charge in [-0.1, -0.05) is 42.5 Å². The molecule has 0 aliphatic carbocycles. The van der Waals surface area contributed by atoms with Gasteiger partial charge in [-0.15, -0.1) is 11.3 Å². The van der Waals surface area contributed by atoms with Gasteiger partial charge in [0.25, 0.3) is 0 Å². The summed E-state index contributed by atoms with van der Waals surface area (Å²) in [7, 11) is 0. The molecule has 1 aliphatic rings. The number of carbonyl (C=O) groups excluding carboxylic acids is 1. The first-order valence-corrected chi connectivity index (χ1v) is 10.3. The molecule has 4 nitrogen and oxygen atoms in total. The Hall–Kier alpha value is -2.92. The normalized spacial score (nSPS) is 13.1. The number of fused-ring (bicyclic) bond motifs is 1. The van der Waals surface area contributed by atoms with Gasteiger partial charge in [-0.25, -0.2) is 4.98 Å². The number of hydrogen-bond acceptors (Lipinski definition) is 4. The highest BCUT2D eigenvalue weighted by Gasteiger charge is 2.17. The molecular formula is C23H23N3OS. The van der Waals surface area contributed by atoms with E-state index in [9.17, 15) is 4.79 Å². The van der Waals surface area contributed by atoms with Crippen LogP contribution in [0, 0.1) is 6.92 Å². The number of aromatic nitrogens is 1. The number of hydrogen-bond donors (Lipinski definition) is 1. The molecular weight excluding hydrogens is 366 g/mol. The summed E-state index contributed by atoms with van der Waals surface area (Å²) in [5, 5.41) is 5.86. The van der Waals surface area contributed by atoms with Gasteiger partial charge in [-0.05, 0) is 42.2 Å². The predicted octanol–water partition coefficient (Wildman–Crippen LogP) is 4.34. The summed E-state index contributed by atoms with van der Waals surface area (Å²) in [6, 6.07) is 17.1. The molecule has 0 fully saturated rings. The maximum absolute atomic E-state index is 12.0. The molecule has 0 atom stereocenters. The van der Waals surface area contributed by atoms with Crippen LogP contribution in [0.25, 0.3) is 6.08 Å². The summed E-state index contributed by atoms with van der Waals surface area (Å²) in [6.07, 6.45) is 4.40. The summed E-state index contributed by atoms with van der Waals surface area (Å²) < 4.78 is 0. The molecule has 1 amide bonds. The van der Waals surface area contributed by atoms with Crippen molar-refractivity contribution in [1.82, 2.24) is 10.3 Å². The lowest BCUT2D eigenvalue weighted by atomic mass is 10.1. The fourth-order valence-corrected chi connectivity index (χ4v) is 4.00. The van der Waals surface area contributed by atoms with Gasteiger partial charge in [0.15, 0.2) is 0 Å². The van der Waals surface area contributed by atoms with Gasteiger partial charge in [-0.3, -0.25) is 4.79 Å². The number of anilines is 1. The number of benzene rings is 2. The van der Waals surface area contributed by atoms with Crippen molar-refractivity contribution in [3.63, 3.8) is 0 Å². The van der Waals surface area contributed by atoms with Crippen LogP contribution in [-0.4, -0.2) is 17.4 Å². The minimum absolute atomic E-state index is 0.108. The van der Waals surface area contributed by atoms with Crippen LogP contribution in [0.5, 0.6) is 0 Å². The monoisotopic (exact) mass is 389 g/mol. The van der Waals surface area contributed by atoms with E-state index in [2.05, 4.69) is 63.7 Å². The molecule has 3 aromatic rings. The Bertz CT molecular complexity index is 991. The first-order chi connectivity index (χ1) is 13.7. The fourth-order valence-electron chi connectivity index (χ4n) is 3.42. The number of nitrogens with zero attached hydrogens (tertiary/aromatic N) is 2. The van der Waals surface area contributed by atoms with E-state index in [1.807, 2.05) is 12.3 Å². The molecule has 142 valence electrons. The Kier molecular flexibility index (Phi) is 5.53. The average molecular weight is 390 g/mol. The molecule has 4 rings (SSSR count). The second-order valence-corrected chi connectivity index (χ2v) is 8.02. The van der Waals surface area contributed by atoms with Gasteiger partial charge in [0.05, 0.1) is 10.7 Å². The smallest absolute Gasteiger partial charge is 0.244 e. The predicted molar refractivity (Wildman–Crippen MR) is 115 cm³/mol. The van der Waals surface area contributed by atoms with Crippen molar-refractivity contribution < 1.29 is 4.79 Å². The first kappa shape index (κ1) is 18.4. The molecule has 1 N–H and O–H groups in total. The standard InChI is InChI=1S/C23H23N3OS/c1-17-25-21(16-28-17)10-11-23(27)24-14-18-6-8-19(9-7-18)15-26-13-12-20-4-2-3-5-22(20)26/h2-11,16H,12-15H2,1H3,(H,24,27)/b11-10+. The average Bonchev–Trinajstić information content (AvgIpc) is 3.32. The van der Waals surface area contributed by atoms with Crippen LogP contribution in [-0.2, 0) is 24.3 Å². The maximum atomic E-state index is 12.0. The van der Waals surface area contributed by atoms with Crippen molar-refractivity contribution in [2.24, 2.45) is 0 Å². The SMILES string of the molecule is Cc1nc(/C=C/C(=O)NCc2ccc(CN3CCc4ccccc43)cc2)cs1. The van der Waals surface area contributed by atoms with Gasteiger partial charge < -0.3 is 10.2 Å². The lowest BCUT2D eigenvalue weighted by molar-refractivity contribution is -0.116. The van der Waals surface area contributed by atoms with E-state index in [1.165, 1.54) is 22.9 Å². The van der Waals surface area contributed by atoms with Gasteiger partial charge >= 0.3 is 0 Å².